The summed E-state index contributed by atoms with van der Waals surface area (Å²) in [5.41, 5.74) is 1.80. The number of hydrogen-bond acceptors (Lipinski definition) is 4. The molecule has 1 aliphatic rings. The van der Waals surface area contributed by atoms with E-state index >= 15 is 0 Å². The maximum absolute atomic E-state index is 12.9. The van der Waals surface area contributed by atoms with E-state index < -0.39 is 0 Å². The van der Waals surface area contributed by atoms with Crippen molar-refractivity contribution >= 4 is 17.5 Å². The Morgan fingerprint density at radius 2 is 2.07 bits per heavy atom. The third kappa shape index (κ3) is 4.52. The Labute approximate surface area is 165 Å². The third-order valence-electron chi connectivity index (χ3n) is 4.93. The van der Waals surface area contributed by atoms with Crippen molar-refractivity contribution in [3.8, 4) is 5.75 Å². The van der Waals surface area contributed by atoms with E-state index in [2.05, 4.69) is 22.5 Å². The minimum absolute atomic E-state index is 0.209. The number of rotatable bonds is 8. The van der Waals surface area contributed by atoms with Crippen LogP contribution in [-0.4, -0.2) is 35.0 Å². The van der Waals surface area contributed by atoms with Gasteiger partial charge in [0.15, 0.2) is 11.5 Å². The number of nitrogens with zero attached hydrogens (tertiary/aromatic N) is 2. The molecule has 2 aromatic rings. The highest BCUT2D eigenvalue weighted by atomic mass is 16.5. The van der Waals surface area contributed by atoms with E-state index in [0.717, 1.165) is 44.2 Å². The Bertz CT molecular complexity index is 844. The Morgan fingerprint density at radius 1 is 1.21 bits per heavy atom. The molecule has 0 bridgehead atoms. The topological polar surface area (TPSA) is 85.2 Å². The second-order valence-corrected chi connectivity index (χ2v) is 6.99. The van der Waals surface area contributed by atoms with Crippen molar-refractivity contribution in [2.75, 3.05) is 19.0 Å². The number of nitrogens with one attached hydrogen (secondary N) is 2. The number of anilines is 1. The molecule has 0 spiro atoms. The van der Waals surface area contributed by atoms with E-state index in [4.69, 9.17) is 4.74 Å². The lowest BCUT2D eigenvalue weighted by molar-refractivity contribution is 0.0937. The van der Waals surface area contributed by atoms with Crippen LogP contribution in [0, 0.1) is 0 Å². The average molecular weight is 384 g/mol. The average Bonchev–Trinajstić information content (AvgIpc) is 3.11. The fraction of sp³-hybridized carbons (Fsp3) is 0.476. The highest BCUT2D eigenvalue weighted by Gasteiger charge is 2.27. The first kappa shape index (κ1) is 19.9. The second kappa shape index (κ2) is 9.39. The molecule has 0 radical (unpaired) electrons. The van der Waals surface area contributed by atoms with Gasteiger partial charge in [-0.2, -0.15) is 0 Å². The van der Waals surface area contributed by atoms with Crippen molar-refractivity contribution in [3.63, 3.8) is 0 Å². The molecular formula is C21H28N4O3. The van der Waals surface area contributed by atoms with Gasteiger partial charge < -0.3 is 19.9 Å². The molecule has 0 unspecified atom stereocenters. The molecule has 3 rings (SSSR count). The van der Waals surface area contributed by atoms with Crippen LogP contribution in [0.5, 0.6) is 5.75 Å². The Morgan fingerprint density at radius 3 is 2.86 bits per heavy atom. The van der Waals surface area contributed by atoms with E-state index in [1.807, 2.05) is 16.7 Å². The summed E-state index contributed by atoms with van der Waals surface area (Å²) in [7, 11) is 1.58. The second-order valence-electron chi connectivity index (χ2n) is 6.99. The number of carbonyl (C=O) groups excluding carboxylic acids is 2. The molecule has 0 aliphatic carbocycles. The number of imidazole rings is 1. The number of aromatic nitrogens is 2. The molecule has 2 heterocycles. The van der Waals surface area contributed by atoms with Gasteiger partial charge in [-0.25, -0.2) is 4.98 Å². The van der Waals surface area contributed by atoms with Gasteiger partial charge >= 0.3 is 0 Å². The van der Waals surface area contributed by atoms with Gasteiger partial charge in [-0.3, -0.25) is 9.59 Å². The Kier molecular flexibility index (Phi) is 6.68. The largest absolute Gasteiger partial charge is 0.497 e. The van der Waals surface area contributed by atoms with Crippen LogP contribution in [0.15, 0.2) is 24.3 Å². The first-order chi connectivity index (χ1) is 13.6. The monoisotopic (exact) mass is 384 g/mol. The van der Waals surface area contributed by atoms with E-state index in [1.165, 1.54) is 0 Å². The number of unbranched alkanes of at least 4 members (excludes halogenated alkanes) is 2. The van der Waals surface area contributed by atoms with Crippen molar-refractivity contribution in [1.82, 2.24) is 14.9 Å². The van der Waals surface area contributed by atoms with E-state index in [-0.39, 0.29) is 11.8 Å². The van der Waals surface area contributed by atoms with Crippen LogP contribution in [0.1, 0.15) is 65.8 Å². The van der Waals surface area contributed by atoms with Crippen molar-refractivity contribution in [2.45, 2.75) is 52.0 Å². The Hall–Kier alpha value is -2.83. The molecule has 0 fully saturated rings. The quantitative estimate of drug-likeness (QED) is 0.683. The van der Waals surface area contributed by atoms with Gasteiger partial charge in [0.2, 0.25) is 0 Å². The molecule has 7 nitrogen and oxygen atoms in total. The lowest BCUT2D eigenvalue weighted by Gasteiger charge is -2.17. The highest BCUT2D eigenvalue weighted by molar-refractivity contribution is 6.05. The summed E-state index contributed by atoms with van der Waals surface area (Å²) in [5, 5.41) is 5.80. The maximum Gasteiger partial charge on any atom is 0.287 e. The zero-order chi connectivity index (χ0) is 19.9. The fourth-order valence-electron chi connectivity index (χ4n) is 3.45. The van der Waals surface area contributed by atoms with Crippen LogP contribution in [0.4, 0.5) is 5.69 Å². The standard InChI is InChI=1S/C21H28N4O3/c1-3-4-6-12-22-21(27)19-24-18(17-11-5-7-13-25(17)19)20(26)23-15-9-8-10-16(14-15)28-2/h8-10,14H,3-7,11-13H2,1-2H3,(H,22,27)(H,23,26). The number of fused-ring (bicyclic) bond motifs is 1. The number of ether oxygens (including phenoxy) is 1. The summed E-state index contributed by atoms with van der Waals surface area (Å²) in [6, 6.07) is 7.17. The SMILES string of the molecule is CCCCCNC(=O)c1nc(C(=O)Nc2cccc(OC)c2)c2n1CCCC2. The van der Waals surface area contributed by atoms with E-state index in [9.17, 15) is 9.59 Å². The zero-order valence-corrected chi connectivity index (χ0v) is 16.6. The van der Waals surface area contributed by atoms with E-state index in [1.54, 1.807) is 19.2 Å². The van der Waals surface area contributed by atoms with Gasteiger partial charge in [0.25, 0.3) is 11.8 Å². The van der Waals surface area contributed by atoms with Crippen LogP contribution >= 0.6 is 0 Å². The molecule has 0 saturated heterocycles. The number of methoxy groups -OCH3 is 1. The zero-order valence-electron chi connectivity index (χ0n) is 16.6. The van der Waals surface area contributed by atoms with Gasteiger partial charge in [0.1, 0.15) is 5.75 Å². The summed E-state index contributed by atoms with van der Waals surface area (Å²) < 4.78 is 7.10. The molecule has 7 heteroatoms. The smallest absolute Gasteiger partial charge is 0.287 e. The molecule has 0 saturated carbocycles. The third-order valence-corrected chi connectivity index (χ3v) is 4.93. The lowest BCUT2D eigenvalue weighted by Crippen LogP contribution is -2.28. The molecule has 1 aromatic heterocycles. The predicted octanol–water partition coefficient (Wildman–Crippen LogP) is 3.40. The van der Waals surface area contributed by atoms with E-state index in [0.29, 0.717) is 36.0 Å². The lowest BCUT2D eigenvalue weighted by atomic mass is 10.1. The molecule has 28 heavy (non-hydrogen) atoms. The van der Waals surface area contributed by atoms with Crippen LogP contribution in [-0.2, 0) is 13.0 Å². The summed E-state index contributed by atoms with van der Waals surface area (Å²) in [4.78, 5) is 29.9. The van der Waals surface area contributed by atoms with Crippen molar-refractivity contribution < 1.29 is 14.3 Å². The van der Waals surface area contributed by atoms with Gasteiger partial charge in [0, 0.05) is 24.8 Å². The minimum atomic E-state index is -0.302. The van der Waals surface area contributed by atoms with Crippen LogP contribution in [0.2, 0.25) is 0 Å². The number of hydrogen-bond donors (Lipinski definition) is 2. The molecule has 1 aromatic carbocycles. The van der Waals surface area contributed by atoms with Gasteiger partial charge in [-0.15, -0.1) is 0 Å². The number of benzene rings is 1. The molecule has 1 aliphatic heterocycles. The molecule has 0 atom stereocenters. The minimum Gasteiger partial charge on any atom is -0.497 e. The van der Waals surface area contributed by atoms with Crippen LogP contribution in [0.25, 0.3) is 0 Å². The summed E-state index contributed by atoms with van der Waals surface area (Å²) in [5.74, 6) is 0.488. The van der Waals surface area contributed by atoms with Gasteiger partial charge in [-0.1, -0.05) is 25.8 Å². The molecule has 2 N–H and O–H groups in total. The highest BCUT2D eigenvalue weighted by Crippen LogP contribution is 2.23. The summed E-state index contributed by atoms with van der Waals surface area (Å²) in [6.07, 6.45) is 5.84. The van der Waals surface area contributed by atoms with Crippen molar-refractivity contribution in [2.24, 2.45) is 0 Å². The predicted molar refractivity (Wildman–Crippen MR) is 108 cm³/mol. The summed E-state index contributed by atoms with van der Waals surface area (Å²) in [6.45, 7) is 3.46. The number of amides is 2. The Balaban J connectivity index is 1.79. The van der Waals surface area contributed by atoms with Gasteiger partial charge in [-0.05, 0) is 37.8 Å². The van der Waals surface area contributed by atoms with Crippen LogP contribution in [0.3, 0.4) is 0 Å². The van der Waals surface area contributed by atoms with Crippen LogP contribution < -0.4 is 15.4 Å². The maximum atomic E-state index is 12.9. The molecule has 2 amide bonds. The summed E-state index contributed by atoms with van der Waals surface area (Å²) >= 11 is 0. The fourth-order valence-corrected chi connectivity index (χ4v) is 3.45. The normalized spacial score (nSPS) is 12.9. The molecule has 150 valence electrons. The van der Waals surface area contributed by atoms with Gasteiger partial charge in [0.05, 0.1) is 12.8 Å². The number of carbonyl (C=O) groups is 2. The molecular weight excluding hydrogens is 356 g/mol. The first-order valence-electron chi connectivity index (χ1n) is 9.97. The first-order valence-corrected chi connectivity index (χ1v) is 9.97. The van der Waals surface area contributed by atoms with Crippen molar-refractivity contribution in [3.05, 3.63) is 41.5 Å². The van der Waals surface area contributed by atoms with Crippen molar-refractivity contribution in [1.29, 1.82) is 0 Å².